The molecule has 0 bridgehead atoms. The molecule has 1 fully saturated rings. The van der Waals surface area contributed by atoms with Crippen LogP contribution in [0.25, 0.3) is 6.08 Å². The number of hydrogen-bond donors (Lipinski definition) is 0. The molecule has 2 heterocycles. The van der Waals surface area contributed by atoms with Gasteiger partial charge in [0.2, 0.25) is 5.91 Å². The Morgan fingerprint density at radius 3 is 2.10 bits per heavy atom. The molecular formula is C25H27N3O. The fraction of sp³-hybridized carbons (Fsp3) is 0.240. The van der Waals surface area contributed by atoms with Gasteiger partial charge in [0.1, 0.15) is 6.04 Å². The molecule has 4 rings (SSSR count). The summed E-state index contributed by atoms with van der Waals surface area (Å²) in [7, 11) is 0. The van der Waals surface area contributed by atoms with E-state index in [9.17, 15) is 4.79 Å². The zero-order valence-corrected chi connectivity index (χ0v) is 16.6. The standard InChI is InChI=1S/C25H27N3O/c29-25(24(27-16-7-8-17-27)23-13-5-2-6-14-23)28-20-18-26(19-21-28)15-9-12-22-10-3-1-4-11-22/h1-14,16-17,24H,15,18-21H2. The summed E-state index contributed by atoms with van der Waals surface area (Å²) >= 11 is 0. The van der Waals surface area contributed by atoms with Gasteiger partial charge < -0.3 is 9.47 Å². The smallest absolute Gasteiger partial charge is 0.250 e. The van der Waals surface area contributed by atoms with Crippen molar-refractivity contribution in [2.24, 2.45) is 0 Å². The molecule has 148 valence electrons. The maximum Gasteiger partial charge on any atom is 0.250 e. The molecule has 1 atom stereocenters. The lowest BCUT2D eigenvalue weighted by Crippen LogP contribution is -2.50. The third-order valence-electron chi connectivity index (χ3n) is 5.43. The molecule has 1 aliphatic rings. The zero-order chi connectivity index (χ0) is 19.9. The summed E-state index contributed by atoms with van der Waals surface area (Å²) in [5.41, 5.74) is 2.25. The lowest BCUT2D eigenvalue weighted by molar-refractivity contribution is -0.135. The summed E-state index contributed by atoms with van der Waals surface area (Å²) in [5.74, 6) is 0.173. The Morgan fingerprint density at radius 2 is 1.45 bits per heavy atom. The van der Waals surface area contributed by atoms with E-state index < -0.39 is 0 Å². The van der Waals surface area contributed by atoms with Crippen molar-refractivity contribution in [3.63, 3.8) is 0 Å². The predicted molar refractivity (Wildman–Crippen MR) is 118 cm³/mol. The Kier molecular flexibility index (Phi) is 6.22. The van der Waals surface area contributed by atoms with Gasteiger partial charge in [-0.2, -0.15) is 0 Å². The highest BCUT2D eigenvalue weighted by atomic mass is 16.2. The Labute approximate surface area is 172 Å². The van der Waals surface area contributed by atoms with Crippen molar-refractivity contribution in [1.29, 1.82) is 0 Å². The summed E-state index contributed by atoms with van der Waals surface area (Å²) in [6.45, 7) is 4.25. The van der Waals surface area contributed by atoms with Gasteiger partial charge in [0.25, 0.3) is 0 Å². The largest absolute Gasteiger partial charge is 0.338 e. The molecule has 1 saturated heterocycles. The number of aromatic nitrogens is 1. The van der Waals surface area contributed by atoms with E-state index in [1.165, 1.54) is 5.56 Å². The summed E-state index contributed by atoms with van der Waals surface area (Å²) < 4.78 is 2.01. The number of piperazine rings is 1. The topological polar surface area (TPSA) is 28.5 Å². The van der Waals surface area contributed by atoms with E-state index in [0.29, 0.717) is 0 Å². The number of amides is 1. The van der Waals surface area contributed by atoms with Gasteiger partial charge in [-0.1, -0.05) is 72.8 Å². The van der Waals surface area contributed by atoms with Crippen molar-refractivity contribution in [2.75, 3.05) is 32.7 Å². The normalized spacial score (nSPS) is 16.2. The van der Waals surface area contributed by atoms with E-state index in [1.54, 1.807) is 0 Å². The van der Waals surface area contributed by atoms with Crippen LogP contribution >= 0.6 is 0 Å². The highest BCUT2D eigenvalue weighted by Gasteiger charge is 2.29. The summed E-state index contributed by atoms with van der Waals surface area (Å²) in [5, 5.41) is 0. The van der Waals surface area contributed by atoms with E-state index in [1.807, 2.05) is 70.4 Å². The molecule has 0 radical (unpaired) electrons. The van der Waals surface area contributed by atoms with Crippen LogP contribution in [0.5, 0.6) is 0 Å². The molecule has 3 aromatic rings. The number of nitrogens with zero attached hydrogens (tertiary/aromatic N) is 3. The van der Waals surface area contributed by atoms with Gasteiger partial charge in [-0.3, -0.25) is 9.69 Å². The lowest BCUT2D eigenvalue weighted by Gasteiger charge is -2.36. The van der Waals surface area contributed by atoms with E-state index in [2.05, 4.69) is 41.3 Å². The van der Waals surface area contributed by atoms with Crippen molar-refractivity contribution >= 4 is 12.0 Å². The van der Waals surface area contributed by atoms with Gasteiger partial charge in [-0.15, -0.1) is 0 Å². The van der Waals surface area contributed by atoms with Crippen LogP contribution in [-0.4, -0.2) is 53.0 Å². The minimum Gasteiger partial charge on any atom is -0.338 e. The average molecular weight is 386 g/mol. The van der Waals surface area contributed by atoms with Gasteiger partial charge >= 0.3 is 0 Å². The Bertz CT molecular complexity index is 911. The van der Waals surface area contributed by atoms with Crippen molar-refractivity contribution in [1.82, 2.24) is 14.4 Å². The third-order valence-corrected chi connectivity index (χ3v) is 5.43. The highest BCUT2D eigenvalue weighted by Crippen LogP contribution is 2.22. The minimum atomic E-state index is -0.296. The fourth-order valence-corrected chi connectivity index (χ4v) is 3.82. The monoisotopic (exact) mass is 385 g/mol. The zero-order valence-electron chi connectivity index (χ0n) is 16.6. The highest BCUT2D eigenvalue weighted by molar-refractivity contribution is 5.84. The first-order valence-corrected chi connectivity index (χ1v) is 10.2. The first-order chi connectivity index (χ1) is 14.3. The van der Waals surface area contributed by atoms with Gasteiger partial charge in [0, 0.05) is 45.1 Å². The second kappa shape index (κ2) is 9.39. The summed E-state index contributed by atoms with van der Waals surface area (Å²) in [6, 6.07) is 24.1. The molecule has 1 unspecified atom stereocenters. The average Bonchev–Trinajstić information content (AvgIpc) is 3.30. The maximum atomic E-state index is 13.4. The van der Waals surface area contributed by atoms with Crippen LogP contribution in [0, 0.1) is 0 Å². The second-order valence-corrected chi connectivity index (χ2v) is 7.38. The van der Waals surface area contributed by atoms with Gasteiger partial charge in [-0.25, -0.2) is 0 Å². The molecule has 2 aromatic carbocycles. The van der Waals surface area contributed by atoms with Gasteiger partial charge in [0.15, 0.2) is 0 Å². The molecule has 1 amide bonds. The number of rotatable bonds is 6. The van der Waals surface area contributed by atoms with Crippen LogP contribution < -0.4 is 0 Å². The quantitative estimate of drug-likeness (QED) is 0.643. The lowest BCUT2D eigenvalue weighted by atomic mass is 10.0. The summed E-state index contributed by atoms with van der Waals surface area (Å²) in [6.07, 6.45) is 8.31. The Balaban J connectivity index is 1.37. The van der Waals surface area contributed by atoms with E-state index >= 15 is 0 Å². The number of hydrogen-bond acceptors (Lipinski definition) is 2. The molecule has 0 spiro atoms. The molecule has 0 saturated carbocycles. The SMILES string of the molecule is O=C(C(c1ccccc1)n1cccc1)N1CCN(CC=Cc2ccccc2)CC1. The van der Waals surface area contributed by atoms with Gasteiger partial charge in [-0.05, 0) is 23.3 Å². The van der Waals surface area contributed by atoms with Gasteiger partial charge in [0.05, 0.1) is 0 Å². The number of benzene rings is 2. The molecule has 0 aliphatic carbocycles. The maximum absolute atomic E-state index is 13.4. The van der Waals surface area contributed by atoms with Crippen LogP contribution in [-0.2, 0) is 4.79 Å². The van der Waals surface area contributed by atoms with Crippen molar-refractivity contribution in [3.8, 4) is 0 Å². The van der Waals surface area contributed by atoms with Crippen LogP contribution in [0.15, 0.2) is 91.3 Å². The molecule has 0 N–H and O–H groups in total. The molecule has 1 aromatic heterocycles. The molecular weight excluding hydrogens is 358 g/mol. The van der Waals surface area contributed by atoms with Crippen molar-refractivity contribution in [3.05, 3.63) is 102 Å². The Hall–Kier alpha value is -3.11. The van der Waals surface area contributed by atoms with Crippen molar-refractivity contribution < 1.29 is 4.79 Å². The third kappa shape index (κ3) is 4.84. The number of carbonyl (C=O) groups is 1. The first-order valence-electron chi connectivity index (χ1n) is 10.2. The molecule has 4 heteroatoms. The Morgan fingerprint density at radius 1 is 0.828 bits per heavy atom. The fourth-order valence-electron chi connectivity index (χ4n) is 3.82. The first kappa shape index (κ1) is 19.2. The molecule has 29 heavy (non-hydrogen) atoms. The molecule has 1 aliphatic heterocycles. The van der Waals surface area contributed by atoms with Crippen LogP contribution in [0.4, 0.5) is 0 Å². The predicted octanol–water partition coefficient (Wildman–Crippen LogP) is 3.94. The van der Waals surface area contributed by atoms with E-state index in [0.717, 1.165) is 38.3 Å². The minimum absolute atomic E-state index is 0.173. The van der Waals surface area contributed by atoms with E-state index in [-0.39, 0.29) is 11.9 Å². The number of carbonyl (C=O) groups excluding carboxylic acids is 1. The second-order valence-electron chi connectivity index (χ2n) is 7.38. The van der Waals surface area contributed by atoms with Crippen LogP contribution in [0.3, 0.4) is 0 Å². The molecule has 4 nitrogen and oxygen atoms in total. The van der Waals surface area contributed by atoms with Crippen LogP contribution in [0.1, 0.15) is 17.2 Å². The van der Waals surface area contributed by atoms with Crippen LogP contribution in [0.2, 0.25) is 0 Å². The van der Waals surface area contributed by atoms with Crippen molar-refractivity contribution in [2.45, 2.75) is 6.04 Å². The summed E-state index contributed by atoms with van der Waals surface area (Å²) in [4.78, 5) is 17.8. The van der Waals surface area contributed by atoms with E-state index in [4.69, 9.17) is 0 Å².